The predicted molar refractivity (Wildman–Crippen MR) is 100 cm³/mol. The highest BCUT2D eigenvalue weighted by atomic mass is 32.1. The predicted octanol–water partition coefficient (Wildman–Crippen LogP) is 5.84. The number of hydrogen-bond donors (Lipinski definition) is 0. The number of halogens is 2. The second kappa shape index (κ2) is 7.53. The summed E-state index contributed by atoms with van der Waals surface area (Å²) < 4.78 is 27.6. The topological polar surface area (TPSA) is 12.4 Å². The van der Waals surface area contributed by atoms with Crippen molar-refractivity contribution in [1.29, 1.82) is 0 Å². The van der Waals surface area contributed by atoms with Gasteiger partial charge in [-0.25, -0.2) is 8.78 Å². The van der Waals surface area contributed by atoms with Gasteiger partial charge in [0.1, 0.15) is 5.69 Å². The van der Waals surface area contributed by atoms with Gasteiger partial charge in [0.25, 0.3) is 0 Å². The zero-order valence-electron chi connectivity index (χ0n) is 13.7. The molecule has 0 amide bonds. The van der Waals surface area contributed by atoms with E-state index in [0.717, 1.165) is 37.0 Å². The van der Waals surface area contributed by atoms with E-state index in [1.54, 1.807) is 0 Å². The number of nitrogens with zero attached hydrogens (tertiary/aromatic N) is 1. The normalized spacial score (nSPS) is 11.9. The molecule has 124 valence electrons. The van der Waals surface area contributed by atoms with Crippen LogP contribution in [0.2, 0.25) is 0 Å². The standard InChI is InChI=1S/C21H15F2NS/c1-2-3-15-9-17-7-6-14(8-18(17)10-15)4-5-16-11-19(22)21(24-13-25)20(23)12-16/h6-9,11-12H,2-3,10H2,1H3. The minimum absolute atomic E-state index is 0.253. The Morgan fingerprint density at radius 2 is 1.80 bits per heavy atom. The molecule has 3 rings (SSSR count). The van der Waals surface area contributed by atoms with Crippen molar-refractivity contribution in [1.82, 2.24) is 0 Å². The lowest BCUT2D eigenvalue weighted by Crippen LogP contribution is -1.88. The van der Waals surface area contributed by atoms with Gasteiger partial charge in [-0.15, -0.1) is 0 Å². The van der Waals surface area contributed by atoms with E-state index in [1.165, 1.54) is 16.7 Å². The Morgan fingerprint density at radius 3 is 2.48 bits per heavy atom. The van der Waals surface area contributed by atoms with Crippen molar-refractivity contribution in [2.45, 2.75) is 26.2 Å². The fourth-order valence-electron chi connectivity index (χ4n) is 2.91. The molecule has 2 aromatic rings. The molecule has 0 fully saturated rings. The number of rotatable bonds is 3. The monoisotopic (exact) mass is 351 g/mol. The third kappa shape index (κ3) is 3.91. The summed E-state index contributed by atoms with van der Waals surface area (Å²) in [6, 6.07) is 8.31. The molecule has 2 aromatic carbocycles. The largest absolute Gasteiger partial charge is 0.204 e. The van der Waals surface area contributed by atoms with E-state index in [2.05, 4.69) is 42.1 Å². The summed E-state index contributed by atoms with van der Waals surface area (Å²) in [6.07, 6.45) is 5.42. The molecule has 0 saturated carbocycles. The summed E-state index contributed by atoms with van der Waals surface area (Å²) in [5, 5.41) is 1.97. The van der Waals surface area contributed by atoms with Crippen molar-refractivity contribution >= 4 is 29.1 Å². The van der Waals surface area contributed by atoms with Crippen molar-refractivity contribution in [2.75, 3.05) is 0 Å². The zero-order chi connectivity index (χ0) is 17.8. The molecule has 0 radical (unpaired) electrons. The van der Waals surface area contributed by atoms with Gasteiger partial charge in [-0.2, -0.15) is 4.99 Å². The van der Waals surface area contributed by atoms with E-state index in [4.69, 9.17) is 0 Å². The van der Waals surface area contributed by atoms with E-state index >= 15 is 0 Å². The molecule has 1 aliphatic rings. The number of aliphatic imine (C=N–C) groups is 1. The minimum atomic E-state index is -0.802. The van der Waals surface area contributed by atoms with Crippen LogP contribution in [0, 0.1) is 23.5 Å². The summed E-state index contributed by atoms with van der Waals surface area (Å²) in [6.45, 7) is 2.17. The third-order valence-electron chi connectivity index (χ3n) is 4.02. The second-order valence-corrected chi connectivity index (χ2v) is 6.07. The molecule has 1 aliphatic carbocycles. The smallest absolute Gasteiger partial charge is 0.153 e. The van der Waals surface area contributed by atoms with Gasteiger partial charge < -0.3 is 0 Å². The van der Waals surface area contributed by atoms with Crippen LogP contribution in [-0.2, 0) is 6.42 Å². The SMILES string of the molecule is CCCC1=Cc2ccc(C#Cc3cc(F)c(N=C=S)c(F)c3)cc2C1. The van der Waals surface area contributed by atoms with Gasteiger partial charge in [0.15, 0.2) is 11.6 Å². The first-order valence-electron chi connectivity index (χ1n) is 8.02. The van der Waals surface area contributed by atoms with E-state index in [9.17, 15) is 8.78 Å². The van der Waals surface area contributed by atoms with Crippen molar-refractivity contribution < 1.29 is 8.78 Å². The van der Waals surface area contributed by atoms with Crippen LogP contribution in [0.4, 0.5) is 14.5 Å². The Kier molecular flexibility index (Phi) is 5.19. The van der Waals surface area contributed by atoms with Gasteiger partial charge in [0.2, 0.25) is 0 Å². The molecule has 0 heterocycles. The minimum Gasteiger partial charge on any atom is -0.204 e. The van der Waals surface area contributed by atoms with Crippen LogP contribution in [0.5, 0.6) is 0 Å². The zero-order valence-corrected chi connectivity index (χ0v) is 14.5. The number of thiocarbonyl (C=S) groups is 1. The van der Waals surface area contributed by atoms with Gasteiger partial charge in [0, 0.05) is 11.1 Å². The van der Waals surface area contributed by atoms with Crippen LogP contribution >= 0.6 is 12.2 Å². The van der Waals surface area contributed by atoms with Gasteiger partial charge in [-0.05, 0) is 60.5 Å². The van der Waals surface area contributed by atoms with Gasteiger partial charge >= 0.3 is 0 Å². The molecule has 0 aliphatic heterocycles. The molecule has 0 atom stereocenters. The summed E-state index contributed by atoms with van der Waals surface area (Å²) in [5.74, 6) is 4.17. The molecule has 0 unspecified atom stereocenters. The maximum Gasteiger partial charge on any atom is 0.153 e. The van der Waals surface area contributed by atoms with E-state index < -0.39 is 17.3 Å². The molecule has 0 spiro atoms. The molecule has 1 nitrogen and oxygen atoms in total. The fourth-order valence-corrected chi connectivity index (χ4v) is 3.00. The first kappa shape index (κ1) is 17.2. The van der Waals surface area contributed by atoms with E-state index in [0.29, 0.717) is 0 Å². The van der Waals surface area contributed by atoms with Crippen molar-refractivity contribution in [3.8, 4) is 11.8 Å². The highest BCUT2D eigenvalue weighted by molar-refractivity contribution is 7.78. The third-order valence-corrected chi connectivity index (χ3v) is 4.11. The lowest BCUT2D eigenvalue weighted by molar-refractivity contribution is 0.587. The average Bonchev–Trinajstić information content (AvgIpc) is 2.98. The maximum absolute atomic E-state index is 13.8. The van der Waals surface area contributed by atoms with Crippen LogP contribution in [0.15, 0.2) is 40.9 Å². The average molecular weight is 351 g/mol. The lowest BCUT2D eigenvalue weighted by Gasteiger charge is -2.01. The van der Waals surface area contributed by atoms with E-state index in [-0.39, 0.29) is 5.56 Å². The Morgan fingerprint density at radius 1 is 1.08 bits per heavy atom. The molecule has 25 heavy (non-hydrogen) atoms. The van der Waals surface area contributed by atoms with Crippen LogP contribution in [0.1, 0.15) is 42.0 Å². The summed E-state index contributed by atoms with van der Waals surface area (Å²) in [7, 11) is 0. The van der Waals surface area contributed by atoms with Gasteiger partial charge in [-0.3, -0.25) is 0 Å². The molecule has 0 N–H and O–H groups in total. The molecular weight excluding hydrogens is 336 g/mol. The number of fused-ring (bicyclic) bond motifs is 1. The summed E-state index contributed by atoms with van der Waals surface area (Å²) >= 11 is 4.38. The Balaban J connectivity index is 1.85. The first-order valence-corrected chi connectivity index (χ1v) is 8.43. The second-order valence-electron chi connectivity index (χ2n) is 5.88. The van der Waals surface area contributed by atoms with Gasteiger partial charge in [0.05, 0.1) is 5.16 Å². The Hall–Kier alpha value is -2.60. The van der Waals surface area contributed by atoms with Crippen LogP contribution in [-0.4, -0.2) is 5.16 Å². The number of benzene rings is 2. The van der Waals surface area contributed by atoms with Gasteiger partial charge in [-0.1, -0.05) is 42.9 Å². The quantitative estimate of drug-likeness (QED) is 0.384. The summed E-state index contributed by atoms with van der Waals surface area (Å²) in [5.41, 5.74) is 4.55. The Bertz CT molecular complexity index is 950. The van der Waals surface area contributed by atoms with Crippen molar-refractivity contribution in [3.05, 3.63) is 69.8 Å². The number of allylic oxidation sites excluding steroid dienone is 1. The molecule has 0 bridgehead atoms. The fraction of sp³-hybridized carbons (Fsp3) is 0.190. The first-order chi connectivity index (χ1) is 12.1. The van der Waals surface area contributed by atoms with Crippen LogP contribution in [0.25, 0.3) is 6.08 Å². The molecule has 0 saturated heterocycles. The van der Waals surface area contributed by atoms with Crippen molar-refractivity contribution in [3.63, 3.8) is 0 Å². The molecule has 4 heteroatoms. The molecular formula is C21H15F2NS. The van der Waals surface area contributed by atoms with Crippen LogP contribution in [0.3, 0.4) is 0 Å². The van der Waals surface area contributed by atoms with Crippen LogP contribution < -0.4 is 0 Å². The lowest BCUT2D eigenvalue weighted by atomic mass is 10.0. The van der Waals surface area contributed by atoms with Crippen molar-refractivity contribution in [2.24, 2.45) is 4.99 Å². The number of isothiocyanates is 1. The highest BCUT2D eigenvalue weighted by Crippen LogP contribution is 2.28. The maximum atomic E-state index is 13.8. The summed E-state index contributed by atoms with van der Waals surface area (Å²) in [4.78, 5) is 3.39. The molecule has 0 aromatic heterocycles. The van der Waals surface area contributed by atoms with E-state index in [1.807, 2.05) is 23.4 Å². The Labute approximate surface area is 151 Å². The number of hydrogen-bond acceptors (Lipinski definition) is 2. The highest BCUT2D eigenvalue weighted by Gasteiger charge is 2.12.